The molecule has 0 radical (unpaired) electrons. The summed E-state index contributed by atoms with van der Waals surface area (Å²) in [7, 11) is -3.76. The second-order valence-electron chi connectivity index (χ2n) is 6.31. The van der Waals surface area contributed by atoms with Gasteiger partial charge in [0, 0.05) is 30.9 Å². The molecular formula is C20H23N3O2S. The summed E-state index contributed by atoms with van der Waals surface area (Å²) in [5.41, 5.74) is 2.58. The van der Waals surface area contributed by atoms with E-state index in [1.165, 1.54) is 6.07 Å². The molecule has 0 fully saturated rings. The maximum Gasteiger partial charge on any atom is 0.238 e. The van der Waals surface area contributed by atoms with E-state index >= 15 is 0 Å². The smallest absolute Gasteiger partial charge is 0.238 e. The Kier molecular flexibility index (Phi) is 5.54. The lowest BCUT2D eigenvalue weighted by Crippen LogP contribution is -2.13. The summed E-state index contributed by atoms with van der Waals surface area (Å²) < 4.78 is 25.7. The van der Waals surface area contributed by atoms with Crippen LogP contribution in [0.25, 0.3) is 11.1 Å². The number of aryl methyl sites for hydroxylation is 1. The summed E-state index contributed by atoms with van der Waals surface area (Å²) in [6.07, 6.45) is 7.07. The number of nitrogens with zero attached hydrogens (tertiary/aromatic N) is 2. The van der Waals surface area contributed by atoms with Crippen LogP contribution in [0.4, 0.5) is 0 Å². The fraction of sp³-hybridized carbons (Fsp3) is 0.250. The molecule has 1 heterocycles. The number of sulfonamides is 1. The molecule has 0 bridgehead atoms. The molecule has 0 saturated carbocycles. The summed E-state index contributed by atoms with van der Waals surface area (Å²) in [5, 5.41) is 5.33. The predicted octanol–water partition coefficient (Wildman–Crippen LogP) is 3.59. The second kappa shape index (κ2) is 7.85. The van der Waals surface area contributed by atoms with Gasteiger partial charge in [0.25, 0.3) is 0 Å². The topological polar surface area (TPSA) is 78.0 Å². The highest BCUT2D eigenvalue weighted by Crippen LogP contribution is 2.26. The molecule has 0 aliphatic rings. The van der Waals surface area contributed by atoms with E-state index in [9.17, 15) is 8.42 Å². The molecule has 0 aliphatic heterocycles. The molecular weight excluding hydrogens is 346 g/mol. The molecule has 0 saturated heterocycles. The molecule has 0 spiro atoms. The molecule has 2 N–H and O–H groups in total. The SMILES string of the molecule is CCCCc1nccn1Cc1ccc(-c2ccccc2S(N)(=O)=O)cc1. The molecule has 2 aromatic carbocycles. The van der Waals surface area contributed by atoms with E-state index in [0.717, 1.165) is 42.8 Å². The molecule has 0 unspecified atom stereocenters. The van der Waals surface area contributed by atoms with Gasteiger partial charge < -0.3 is 4.57 Å². The van der Waals surface area contributed by atoms with Crippen LogP contribution in [-0.2, 0) is 23.0 Å². The Morgan fingerprint density at radius 1 is 1.08 bits per heavy atom. The minimum Gasteiger partial charge on any atom is -0.331 e. The lowest BCUT2D eigenvalue weighted by Gasteiger charge is -2.10. The lowest BCUT2D eigenvalue weighted by atomic mass is 10.0. The molecule has 1 aromatic heterocycles. The van der Waals surface area contributed by atoms with Gasteiger partial charge in [0.1, 0.15) is 5.82 Å². The van der Waals surface area contributed by atoms with Crippen molar-refractivity contribution in [3.63, 3.8) is 0 Å². The van der Waals surface area contributed by atoms with Crippen molar-refractivity contribution in [3.8, 4) is 11.1 Å². The van der Waals surface area contributed by atoms with Gasteiger partial charge in [-0.25, -0.2) is 18.5 Å². The van der Waals surface area contributed by atoms with Crippen LogP contribution < -0.4 is 5.14 Å². The average molecular weight is 369 g/mol. The minimum absolute atomic E-state index is 0.143. The Bertz CT molecular complexity index is 976. The Hall–Kier alpha value is -2.44. The van der Waals surface area contributed by atoms with Crippen LogP contribution >= 0.6 is 0 Å². The summed E-state index contributed by atoms with van der Waals surface area (Å²) in [6, 6.07) is 14.7. The number of unbranched alkanes of at least 4 members (excludes halogenated alkanes) is 1. The molecule has 3 rings (SSSR count). The molecule has 136 valence electrons. The van der Waals surface area contributed by atoms with Crippen molar-refractivity contribution in [1.29, 1.82) is 0 Å². The van der Waals surface area contributed by atoms with Gasteiger partial charge in [-0.05, 0) is 23.6 Å². The normalized spacial score (nSPS) is 11.6. The first-order chi connectivity index (χ1) is 12.5. The van der Waals surface area contributed by atoms with Gasteiger partial charge in [0.2, 0.25) is 10.0 Å². The first-order valence-electron chi connectivity index (χ1n) is 8.70. The quantitative estimate of drug-likeness (QED) is 0.691. The van der Waals surface area contributed by atoms with Crippen LogP contribution in [0.2, 0.25) is 0 Å². The first kappa shape index (κ1) is 18.4. The summed E-state index contributed by atoms with van der Waals surface area (Å²) in [5.74, 6) is 1.09. The Morgan fingerprint density at radius 3 is 2.50 bits per heavy atom. The third-order valence-electron chi connectivity index (χ3n) is 4.37. The number of hydrogen-bond acceptors (Lipinski definition) is 3. The van der Waals surface area contributed by atoms with E-state index in [4.69, 9.17) is 5.14 Å². The second-order valence-corrected chi connectivity index (χ2v) is 7.84. The highest BCUT2D eigenvalue weighted by molar-refractivity contribution is 7.89. The predicted molar refractivity (Wildman–Crippen MR) is 103 cm³/mol. The van der Waals surface area contributed by atoms with E-state index in [0.29, 0.717) is 5.56 Å². The van der Waals surface area contributed by atoms with Crippen LogP contribution in [0.15, 0.2) is 65.8 Å². The van der Waals surface area contributed by atoms with E-state index in [1.807, 2.05) is 42.7 Å². The first-order valence-corrected chi connectivity index (χ1v) is 10.2. The lowest BCUT2D eigenvalue weighted by molar-refractivity contribution is 0.598. The fourth-order valence-electron chi connectivity index (χ4n) is 2.99. The standard InChI is InChI=1S/C20H23N3O2S/c1-2-3-8-20-22-13-14-23(20)15-16-9-11-17(12-10-16)18-6-4-5-7-19(18)26(21,24)25/h4-7,9-14H,2-3,8,15H2,1H3,(H2,21,24,25). The third-order valence-corrected chi connectivity index (χ3v) is 5.34. The largest absolute Gasteiger partial charge is 0.331 e. The summed E-state index contributed by atoms with van der Waals surface area (Å²) in [4.78, 5) is 4.58. The van der Waals surface area contributed by atoms with Crippen LogP contribution in [0.1, 0.15) is 31.2 Å². The molecule has 0 aliphatic carbocycles. The fourth-order valence-corrected chi connectivity index (χ4v) is 3.75. The van der Waals surface area contributed by atoms with E-state index in [2.05, 4.69) is 16.5 Å². The number of primary sulfonamides is 1. The van der Waals surface area contributed by atoms with Crippen molar-refractivity contribution < 1.29 is 8.42 Å². The van der Waals surface area contributed by atoms with Gasteiger partial charge in [-0.2, -0.15) is 0 Å². The number of rotatable bonds is 7. The highest BCUT2D eigenvalue weighted by atomic mass is 32.2. The molecule has 5 nitrogen and oxygen atoms in total. The Morgan fingerprint density at radius 2 is 1.81 bits per heavy atom. The van der Waals surface area contributed by atoms with Gasteiger partial charge >= 0.3 is 0 Å². The van der Waals surface area contributed by atoms with Gasteiger partial charge in [0.05, 0.1) is 4.90 Å². The highest BCUT2D eigenvalue weighted by Gasteiger charge is 2.14. The van der Waals surface area contributed by atoms with Crippen LogP contribution in [0.5, 0.6) is 0 Å². The zero-order chi connectivity index (χ0) is 18.6. The molecule has 0 atom stereocenters. The van der Waals surface area contributed by atoms with E-state index in [-0.39, 0.29) is 4.90 Å². The molecule has 3 aromatic rings. The van der Waals surface area contributed by atoms with Crippen molar-refractivity contribution in [3.05, 3.63) is 72.3 Å². The molecule has 6 heteroatoms. The van der Waals surface area contributed by atoms with Crippen LogP contribution in [0.3, 0.4) is 0 Å². The number of aromatic nitrogens is 2. The number of imidazole rings is 1. The van der Waals surface area contributed by atoms with E-state index < -0.39 is 10.0 Å². The van der Waals surface area contributed by atoms with Crippen LogP contribution in [0, 0.1) is 0 Å². The third kappa shape index (κ3) is 4.20. The maximum atomic E-state index is 11.8. The van der Waals surface area contributed by atoms with E-state index in [1.54, 1.807) is 12.1 Å². The minimum atomic E-state index is -3.76. The summed E-state index contributed by atoms with van der Waals surface area (Å²) in [6.45, 7) is 2.92. The van der Waals surface area contributed by atoms with Crippen molar-refractivity contribution >= 4 is 10.0 Å². The zero-order valence-electron chi connectivity index (χ0n) is 14.8. The Labute approximate surface area is 154 Å². The van der Waals surface area contributed by atoms with Gasteiger partial charge in [-0.15, -0.1) is 0 Å². The average Bonchev–Trinajstić information content (AvgIpc) is 3.07. The van der Waals surface area contributed by atoms with Gasteiger partial charge in [-0.3, -0.25) is 0 Å². The molecule has 0 amide bonds. The summed E-state index contributed by atoms with van der Waals surface area (Å²) >= 11 is 0. The van der Waals surface area contributed by atoms with Crippen molar-refractivity contribution in [2.45, 2.75) is 37.6 Å². The number of nitrogens with two attached hydrogens (primary N) is 1. The van der Waals surface area contributed by atoms with Crippen LogP contribution in [-0.4, -0.2) is 18.0 Å². The Balaban J connectivity index is 1.84. The maximum absolute atomic E-state index is 11.8. The van der Waals surface area contributed by atoms with Crippen molar-refractivity contribution in [2.75, 3.05) is 0 Å². The zero-order valence-corrected chi connectivity index (χ0v) is 15.6. The monoisotopic (exact) mass is 369 g/mol. The molecule has 26 heavy (non-hydrogen) atoms. The van der Waals surface area contributed by atoms with Gasteiger partial charge in [0.15, 0.2) is 0 Å². The van der Waals surface area contributed by atoms with Crippen molar-refractivity contribution in [1.82, 2.24) is 9.55 Å². The number of benzene rings is 2. The van der Waals surface area contributed by atoms with Gasteiger partial charge in [-0.1, -0.05) is 55.8 Å². The number of hydrogen-bond donors (Lipinski definition) is 1. The van der Waals surface area contributed by atoms with Crippen molar-refractivity contribution in [2.24, 2.45) is 5.14 Å².